The number of benzene rings is 2. The molecule has 1 N–H and O–H groups in total. The Balaban J connectivity index is 1.58. The van der Waals surface area contributed by atoms with Crippen LogP contribution in [0.2, 0.25) is 0 Å². The van der Waals surface area contributed by atoms with E-state index in [1.165, 1.54) is 11.3 Å². The molecule has 1 aromatic heterocycles. The molecule has 1 amide bonds. The number of methoxy groups -OCH3 is 1. The lowest BCUT2D eigenvalue weighted by atomic mass is 10.1. The molecule has 0 bridgehead atoms. The summed E-state index contributed by atoms with van der Waals surface area (Å²) in [7, 11) is 1.65. The van der Waals surface area contributed by atoms with Gasteiger partial charge in [-0.2, -0.15) is 0 Å². The van der Waals surface area contributed by atoms with Crippen molar-refractivity contribution < 1.29 is 18.7 Å². The largest absolute Gasteiger partial charge is 0.491 e. The fraction of sp³-hybridized carbons (Fsp3) is 0.300. The van der Waals surface area contributed by atoms with E-state index in [2.05, 4.69) is 10.3 Å². The SMILES string of the molecule is COCCCCOc1cccc(CNC(=O)c2ccc3ncsc3c2)c1F. The Morgan fingerprint density at radius 1 is 1.22 bits per heavy atom. The number of halogens is 1. The summed E-state index contributed by atoms with van der Waals surface area (Å²) < 4.78 is 26.0. The molecule has 7 heteroatoms. The lowest BCUT2D eigenvalue weighted by Gasteiger charge is -2.11. The molecule has 0 radical (unpaired) electrons. The van der Waals surface area contributed by atoms with Crippen molar-refractivity contribution in [1.29, 1.82) is 0 Å². The van der Waals surface area contributed by atoms with Crippen molar-refractivity contribution in [3.63, 3.8) is 0 Å². The molecule has 27 heavy (non-hydrogen) atoms. The first kappa shape index (κ1) is 19.3. The van der Waals surface area contributed by atoms with Crippen molar-refractivity contribution >= 4 is 27.5 Å². The van der Waals surface area contributed by atoms with Gasteiger partial charge in [-0.05, 0) is 37.1 Å². The van der Waals surface area contributed by atoms with Crippen molar-refractivity contribution in [3.05, 3.63) is 58.9 Å². The Labute approximate surface area is 161 Å². The van der Waals surface area contributed by atoms with Crippen LogP contribution in [-0.2, 0) is 11.3 Å². The second kappa shape index (κ2) is 9.43. The summed E-state index contributed by atoms with van der Waals surface area (Å²) in [5, 5.41) is 2.76. The molecule has 0 aliphatic heterocycles. The normalized spacial score (nSPS) is 10.9. The highest BCUT2D eigenvalue weighted by Gasteiger charge is 2.12. The quantitative estimate of drug-likeness (QED) is 0.559. The van der Waals surface area contributed by atoms with Gasteiger partial charge in [0.2, 0.25) is 0 Å². The first-order valence-corrected chi connectivity index (χ1v) is 9.57. The minimum Gasteiger partial charge on any atom is -0.491 e. The predicted molar refractivity (Wildman–Crippen MR) is 104 cm³/mol. The van der Waals surface area contributed by atoms with Crippen molar-refractivity contribution in [2.75, 3.05) is 20.3 Å². The van der Waals surface area contributed by atoms with Gasteiger partial charge in [0, 0.05) is 31.4 Å². The van der Waals surface area contributed by atoms with Crippen LogP contribution in [0.5, 0.6) is 5.75 Å². The van der Waals surface area contributed by atoms with E-state index in [0.29, 0.717) is 24.3 Å². The second-order valence-electron chi connectivity index (χ2n) is 6.00. The zero-order valence-electron chi connectivity index (χ0n) is 15.0. The van der Waals surface area contributed by atoms with Crippen molar-refractivity contribution in [2.24, 2.45) is 0 Å². The maximum absolute atomic E-state index is 14.6. The van der Waals surface area contributed by atoms with E-state index in [-0.39, 0.29) is 18.2 Å². The number of carbonyl (C=O) groups is 1. The molecule has 0 aliphatic carbocycles. The molecule has 0 saturated carbocycles. The number of amides is 1. The molecule has 1 heterocycles. The van der Waals surface area contributed by atoms with Crippen LogP contribution in [0, 0.1) is 5.82 Å². The average molecular weight is 388 g/mol. The van der Waals surface area contributed by atoms with Gasteiger partial charge in [0.15, 0.2) is 11.6 Å². The summed E-state index contributed by atoms with van der Waals surface area (Å²) in [6, 6.07) is 10.3. The summed E-state index contributed by atoms with van der Waals surface area (Å²) in [6.07, 6.45) is 1.65. The van der Waals surface area contributed by atoms with Gasteiger partial charge in [-0.25, -0.2) is 9.37 Å². The molecule has 0 aliphatic rings. The first-order chi connectivity index (χ1) is 13.2. The van der Waals surface area contributed by atoms with Crippen LogP contribution in [0.3, 0.4) is 0 Å². The Bertz CT molecular complexity index is 913. The van der Waals surface area contributed by atoms with Crippen molar-refractivity contribution in [2.45, 2.75) is 19.4 Å². The monoisotopic (exact) mass is 388 g/mol. The third-order valence-electron chi connectivity index (χ3n) is 4.08. The molecule has 5 nitrogen and oxygen atoms in total. The number of nitrogens with one attached hydrogen (secondary N) is 1. The lowest BCUT2D eigenvalue weighted by molar-refractivity contribution is 0.0950. The van der Waals surface area contributed by atoms with Gasteiger partial charge in [0.1, 0.15) is 0 Å². The van der Waals surface area contributed by atoms with Gasteiger partial charge in [0.05, 0.1) is 22.3 Å². The molecular formula is C20H21FN2O3S. The fourth-order valence-corrected chi connectivity index (χ4v) is 3.33. The van der Waals surface area contributed by atoms with Crippen molar-refractivity contribution in [1.82, 2.24) is 10.3 Å². The second-order valence-corrected chi connectivity index (χ2v) is 6.88. The van der Waals surface area contributed by atoms with E-state index in [4.69, 9.17) is 9.47 Å². The summed E-state index contributed by atoms with van der Waals surface area (Å²) in [5.41, 5.74) is 3.51. The molecular weight excluding hydrogens is 367 g/mol. The Kier molecular flexibility index (Phi) is 6.73. The average Bonchev–Trinajstić information content (AvgIpc) is 3.15. The van der Waals surface area contributed by atoms with Gasteiger partial charge in [-0.3, -0.25) is 4.79 Å². The Morgan fingerprint density at radius 3 is 2.93 bits per heavy atom. The third-order valence-corrected chi connectivity index (χ3v) is 4.87. The Morgan fingerprint density at radius 2 is 2.07 bits per heavy atom. The van der Waals surface area contributed by atoms with Gasteiger partial charge >= 0.3 is 0 Å². The number of ether oxygens (including phenoxy) is 2. The highest BCUT2D eigenvalue weighted by molar-refractivity contribution is 7.16. The first-order valence-electron chi connectivity index (χ1n) is 8.69. The smallest absolute Gasteiger partial charge is 0.251 e. The number of hydrogen-bond acceptors (Lipinski definition) is 5. The van der Waals surface area contributed by atoms with E-state index < -0.39 is 5.82 Å². The molecule has 0 unspecified atom stereocenters. The highest BCUT2D eigenvalue weighted by Crippen LogP contribution is 2.22. The lowest BCUT2D eigenvalue weighted by Crippen LogP contribution is -2.23. The van der Waals surface area contributed by atoms with E-state index in [1.54, 1.807) is 49.0 Å². The van der Waals surface area contributed by atoms with Gasteiger partial charge in [0.25, 0.3) is 5.91 Å². The molecule has 142 valence electrons. The van der Waals surface area contributed by atoms with E-state index >= 15 is 0 Å². The molecule has 3 rings (SSSR count). The number of aromatic nitrogens is 1. The van der Waals surface area contributed by atoms with Crippen LogP contribution < -0.4 is 10.1 Å². The Hall–Kier alpha value is -2.51. The number of hydrogen-bond donors (Lipinski definition) is 1. The highest BCUT2D eigenvalue weighted by atomic mass is 32.1. The number of fused-ring (bicyclic) bond motifs is 1. The topological polar surface area (TPSA) is 60.5 Å². The maximum Gasteiger partial charge on any atom is 0.251 e. The molecule has 0 atom stereocenters. The van der Waals surface area contributed by atoms with Crippen LogP contribution >= 0.6 is 11.3 Å². The number of nitrogens with zero attached hydrogens (tertiary/aromatic N) is 1. The molecule has 0 saturated heterocycles. The van der Waals surface area contributed by atoms with Crippen LogP contribution in [0.15, 0.2) is 41.9 Å². The third kappa shape index (κ3) is 5.02. The molecule has 0 fully saturated rings. The van der Waals surface area contributed by atoms with Crippen LogP contribution in [0.25, 0.3) is 10.2 Å². The molecule has 2 aromatic carbocycles. The zero-order chi connectivity index (χ0) is 19.1. The fourth-order valence-electron chi connectivity index (χ4n) is 2.61. The summed E-state index contributed by atoms with van der Waals surface area (Å²) >= 11 is 1.47. The van der Waals surface area contributed by atoms with Gasteiger partial charge in [-0.15, -0.1) is 11.3 Å². The van der Waals surface area contributed by atoms with Crippen LogP contribution in [0.4, 0.5) is 4.39 Å². The maximum atomic E-state index is 14.6. The summed E-state index contributed by atoms with van der Waals surface area (Å²) in [4.78, 5) is 16.6. The molecule has 3 aromatic rings. The standard InChI is InChI=1S/C20H21FN2O3S/c1-25-9-2-3-10-26-17-6-4-5-15(19(17)21)12-22-20(24)14-7-8-16-18(11-14)27-13-23-16/h4-8,11,13H,2-3,9-10,12H2,1H3,(H,22,24). The van der Waals surface area contributed by atoms with E-state index in [9.17, 15) is 9.18 Å². The van der Waals surface area contributed by atoms with Crippen LogP contribution in [-0.4, -0.2) is 31.2 Å². The number of thiazole rings is 1. The predicted octanol–water partition coefficient (Wildman–Crippen LogP) is 4.17. The van der Waals surface area contributed by atoms with E-state index in [0.717, 1.165) is 23.1 Å². The minimum absolute atomic E-state index is 0.0896. The van der Waals surface area contributed by atoms with Gasteiger partial charge < -0.3 is 14.8 Å². The summed E-state index contributed by atoms with van der Waals surface area (Å²) in [5.74, 6) is -0.497. The number of rotatable bonds is 9. The number of unbranched alkanes of at least 4 members (excludes halogenated alkanes) is 1. The van der Waals surface area contributed by atoms with Gasteiger partial charge in [-0.1, -0.05) is 12.1 Å². The zero-order valence-corrected chi connectivity index (χ0v) is 15.9. The van der Waals surface area contributed by atoms with E-state index in [1.807, 2.05) is 0 Å². The minimum atomic E-state index is -0.442. The molecule has 0 spiro atoms. The van der Waals surface area contributed by atoms with Crippen molar-refractivity contribution in [3.8, 4) is 5.75 Å². The number of carbonyl (C=O) groups excluding carboxylic acids is 1. The summed E-state index contributed by atoms with van der Waals surface area (Å²) in [6.45, 7) is 1.17. The van der Waals surface area contributed by atoms with Crippen LogP contribution in [0.1, 0.15) is 28.8 Å².